The van der Waals surface area contributed by atoms with Crippen LogP contribution in [0.2, 0.25) is 0 Å². The molecule has 168 valence electrons. The van der Waals surface area contributed by atoms with E-state index in [4.69, 9.17) is 0 Å². The second-order valence-corrected chi connectivity index (χ2v) is 7.26. The minimum Gasteiger partial charge on any atom is -0.378 e. The first kappa shape index (κ1) is 22.0. The van der Waals surface area contributed by atoms with E-state index in [1.807, 2.05) is 17.7 Å². The fourth-order valence-electron chi connectivity index (χ4n) is 3.24. The summed E-state index contributed by atoms with van der Waals surface area (Å²) in [6.07, 6.45) is 0.545. The number of carbonyl (C=O) groups excluding carboxylic acids is 1. The maximum Gasteiger partial charge on any atom is 0.263 e. The molecule has 0 fully saturated rings. The van der Waals surface area contributed by atoms with Crippen LogP contribution in [0.3, 0.4) is 0 Å². The van der Waals surface area contributed by atoms with E-state index >= 15 is 0 Å². The quantitative estimate of drug-likeness (QED) is 0.425. The summed E-state index contributed by atoms with van der Waals surface area (Å²) < 4.78 is 27.5. The second-order valence-electron chi connectivity index (χ2n) is 7.26. The van der Waals surface area contributed by atoms with Crippen molar-refractivity contribution in [2.24, 2.45) is 7.05 Å². The summed E-state index contributed by atoms with van der Waals surface area (Å²) in [5, 5.41) is 14.4. The summed E-state index contributed by atoms with van der Waals surface area (Å²) >= 11 is 0. The van der Waals surface area contributed by atoms with Crippen molar-refractivity contribution in [3.05, 3.63) is 89.6 Å². The minimum atomic E-state index is -2.55. The Morgan fingerprint density at radius 2 is 1.91 bits per heavy atom. The highest BCUT2D eigenvalue weighted by Gasteiger charge is 2.12. The first-order chi connectivity index (χ1) is 16.0. The zero-order valence-electron chi connectivity index (χ0n) is 17.7. The highest BCUT2D eigenvalue weighted by atomic mass is 19.3. The van der Waals surface area contributed by atoms with Crippen LogP contribution in [0.5, 0.6) is 0 Å². The number of halogens is 2. The third-order valence-electron chi connectivity index (χ3n) is 5.01. The molecule has 0 aliphatic heterocycles. The number of hydrogen-bond donors (Lipinski definition) is 2. The van der Waals surface area contributed by atoms with Crippen LogP contribution in [-0.2, 0) is 20.1 Å². The molecular formula is C23H21F2N7O. The Kier molecular flexibility index (Phi) is 6.63. The number of anilines is 1. The van der Waals surface area contributed by atoms with E-state index in [2.05, 4.69) is 30.8 Å². The van der Waals surface area contributed by atoms with Gasteiger partial charge in [-0.25, -0.2) is 18.7 Å². The number of carbonyl (C=O) groups is 1. The van der Waals surface area contributed by atoms with E-state index in [0.29, 0.717) is 35.0 Å². The average Bonchev–Trinajstić information content (AvgIpc) is 3.22. The summed E-state index contributed by atoms with van der Waals surface area (Å²) in [5.41, 5.74) is 2.39. The van der Waals surface area contributed by atoms with E-state index < -0.39 is 6.43 Å². The van der Waals surface area contributed by atoms with E-state index in [1.54, 1.807) is 42.6 Å². The standard InChI is InChI=1S/C23H21F2N7O/c1-32-20(30-31-22(32)19-8-9-26-14-29-19)13-27-18-7-3-6-17(11-18)23(33)28-12-15-4-2-5-16(10-15)21(24)25/h2-11,14,21,27H,12-13H2,1H3,(H,28,33). The van der Waals surface area contributed by atoms with Crippen LogP contribution in [0.25, 0.3) is 11.5 Å². The Labute approximate surface area is 188 Å². The van der Waals surface area contributed by atoms with Gasteiger partial charge in [0.1, 0.15) is 12.0 Å². The van der Waals surface area contributed by atoms with Crippen LogP contribution in [0.15, 0.2) is 67.1 Å². The molecule has 0 radical (unpaired) electrons. The molecule has 33 heavy (non-hydrogen) atoms. The van der Waals surface area contributed by atoms with Crippen molar-refractivity contribution in [3.63, 3.8) is 0 Å². The number of rotatable bonds is 8. The van der Waals surface area contributed by atoms with Gasteiger partial charge in [0.25, 0.3) is 12.3 Å². The zero-order chi connectivity index (χ0) is 23.2. The van der Waals surface area contributed by atoms with Crippen LogP contribution < -0.4 is 10.6 Å². The van der Waals surface area contributed by atoms with Crippen molar-refractivity contribution in [2.75, 3.05) is 5.32 Å². The van der Waals surface area contributed by atoms with Gasteiger partial charge >= 0.3 is 0 Å². The normalized spacial score (nSPS) is 10.9. The molecule has 1 amide bonds. The molecule has 4 rings (SSSR count). The van der Waals surface area contributed by atoms with Crippen molar-refractivity contribution in [1.29, 1.82) is 0 Å². The number of hydrogen-bond acceptors (Lipinski definition) is 6. The van der Waals surface area contributed by atoms with Crippen LogP contribution in [0, 0.1) is 0 Å². The number of aromatic nitrogens is 5. The van der Waals surface area contributed by atoms with Crippen molar-refractivity contribution >= 4 is 11.6 Å². The number of benzene rings is 2. The molecule has 10 heteroatoms. The average molecular weight is 449 g/mol. The Bertz CT molecular complexity index is 1240. The van der Waals surface area contributed by atoms with Crippen LogP contribution in [0.1, 0.15) is 33.7 Å². The lowest BCUT2D eigenvalue weighted by Gasteiger charge is -2.10. The SMILES string of the molecule is Cn1c(CNc2cccc(C(=O)NCc3cccc(C(F)F)c3)c2)nnc1-c1ccncn1. The molecule has 0 saturated carbocycles. The van der Waals surface area contributed by atoms with E-state index in [0.717, 1.165) is 5.69 Å². The maximum absolute atomic E-state index is 12.9. The summed E-state index contributed by atoms with van der Waals surface area (Å²) in [5.74, 6) is 1.02. The van der Waals surface area contributed by atoms with Gasteiger partial charge in [0.05, 0.1) is 6.54 Å². The molecule has 4 aromatic rings. The van der Waals surface area contributed by atoms with Crippen LogP contribution >= 0.6 is 0 Å². The molecular weight excluding hydrogens is 428 g/mol. The Morgan fingerprint density at radius 1 is 1.06 bits per heavy atom. The molecule has 2 aromatic carbocycles. The molecule has 2 aromatic heterocycles. The molecule has 0 spiro atoms. The van der Waals surface area contributed by atoms with Crippen molar-refractivity contribution in [1.82, 2.24) is 30.0 Å². The van der Waals surface area contributed by atoms with Gasteiger partial charge in [-0.3, -0.25) is 4.79 Å². The maximum atomic E-state index is 12.9. The molecule has 0 aliphatic rings. The second kappa shape index (κ2) is 9.94. The summed E-state index contributed by atoms with van der Waals surface area (Å²) in [7, 11) is 1.85. The van der Waals surface area contributed by atoms with E-state index in [9.17, 15) is 13.6 Å². The molecule has 0 bridgehead atoms. The summed E-state index contributed by atoms with van der Waals surface area (Å²) in [4.78, 5) is 20.6. The van der Waals surface area contributed by atoms with Gasteiger partial charge in [-0.1, -0.05) is 24.3 Å². The third-order valence-corrected chi connectivity index (χ3v) is 5.01. The lowest BCUT2D eigenvalue weighted by Crippen LogP contribution is -2.23. The Morgan fingerprint density at radius 3 is 2.70 bits per heavy atom. The zero-order valence-corrected chi connectivity index (χ0v) is 17.7. The molecule has 2 N–H and O–H groups in total. The van der Waals surface area contributed by atoms with E-state index in [-0.39, 0.29) is 18.0 Å². The Balaban J connectivity index is 1.38. The Hall–Kier alpha value is -4.21. The summed E-state index contributed by atoms with van der Waals surface area (Å²) in [6, 6.07) is 14.8. The molecule has 8 nitrogen and oxygen atoms in total. The molecule has 0 aliphatic carbocycles. The molecule has 2 heterocycles. The smallest absolute Gasteiger partial charge is 0.263 e. The lowest BCUT2D eigenvalue weighted by atomic mass is 10.1. The van der Waals surface area contributed by atoms with Crippen molar-refractivity contribution in [2.45, 2.75) is 19.5 Å². The van der Waals surface area contributed by atoms with Crippen molar-refractivity contribution in [3.8, 4) is 11.5 Å². The lowest BCUT2D eigenvalue weighted by molar-refractivity contribution is 0.0951. The van der Waals surface area contributed by atoms with Gasteiger partial charge in [-0.05, 0) is 35.9 Å². The molecule has 0 unspecified atom stereocenters. The molecule has 0 saturated heterocycles. The van der Waals surface area contributed by atoms with Gasteiger partial charge in [-0.2, -0.15) is 0 Å². The van der Waals surface area contributed by atoms with Gasteiger partial charge in [-0.15, -0.1) is 10.2 Å². The third kappa shape index (κ3) is 5.35. The predicted molar refractivity (Wildman–Crippen MR) is 118 cm³/mol. The largest absolute Gasteiger partial charge is 0.378 e. The number of amides is 1. The fraction of sp³-hybridized carbons (Fsp3) is 0.174. The number of alkyl halides is 2. The minimum absolute atomic E-state index is 0.0698. The number of nitrogens with one attached hydrogen (secondary N) is 2. The predicted octanol–water partition coefficient (Wildman–Crippen LogP) is 3.75. The fourth-order valence-corrected chi connectivity index (χ4v) is 3.24. The topological polar surface area (TPSA) is 97.6 Å². The van der Waals surface area contributed by atoms with Gasteiger partial charge in [0.2, 0.25) is 0 Å². The van der Waals surface area contributed by atoms with Gasteiger partial charge in [0.15, 0.2) is 11.6 Å². The number of nitrogens with zero attached hydrogens (tertiary/aromatic N) is 5. The summed E-state index contributed by atoms with van der Waals surface area (Å²) in [6.45, 7) is 0.544. The van der Waals surface area contributed by atoms with Crippen LogP contribution in [-0.4, -0.2) is 30.6 Å². The first-order valence-electron chi connectivity index (χ1n) is 10.1. The van der Waals surface area contributed by atoms with Crippen molar-refractivity contribution < 1.29 is 13.6 Å². The van der Waals surface area contributed by atoms with Gasteiger partial charge in [0, 0.05) is 36.6 Å². The molecule has 0 atom stereocenters. The van der Waals surface area contributed by atoms with E-state index in [1.165, 1.54) is 18.5 Å². The monoisotopic (exact) mass is 449 g/mol. The van der Waals surface area contributed by atoms with Crippen LogP contribution in [0.4, 0.5) is 14.5 Å². The first-order valence-corrected chi connectivity index (χ1v) is 10.1. The highest BCUT2D eigenvalue weighted by Crippen LogP contribution is 2.20. The highest BCUT2D eigenvalue weighted by molar-refractivity contribution is 5.95. The van der Waals surface area contributed by atoms with Gasteiger partial charge < -0.3 is 15.2 Å².